The van der Waals surface area contributed by atoms with Gasteiger partial charge in [0, 0.05) is 17.1 Å². The van der Waals surface area contributed by atoms with E-state index in [1.54, 1.807) is 18.2 Å². The molecule has 0 aliphatic carbocycles. The predicted octanol–water partition coefficient (Wildman–Crippen LogP) is 4.24. The largest absolute Gasteiger partial charge is 0.455 e. The van der Waals surface area contributed by atoms with Crippen LogP contribution in [0.1, 0.15) is 5.56 Å². The third-order valence-electron chi connectivity index (χ3n) is 2.34. The molecular weight excluding hydrogens is 257 g/mol. The van der Waals surface area contributed by atoms with Crippen molar-refractivity contribution in [2.45, 2.75) is 6.54 Å². The fourth-order valence-electron chi connectivity index (χ4n) is 1.48. The van der Waals surface area contributed by atoms with Crippen LogP contribution in [0.2, 0.25) is 10.0 Å². The van der Waals surface area contributed by atoms with Crippen molar-refractivity contribution in [2.24, 2.45) is 5.73 Å². The summed E-state index contributed by atoms with van der Waals surface area (Å²) in [7, 11) is 0. The third-order valence-corrected chi connectivity index (χ3v) is 3.00. The fraction of sp³-hybridized carbons (Fsp3) is 0.0769. The molecule has 2 nitrogen and oxygen atoms in total. The number of hydrogen-bond donors (Lipinski definition) is 1. The fourth-order valence-corrected chi connectivity index (χ4v) is 1.90. The Balaban J connectivity index is 2.37. The van der Waals surface area contributed by atoms with Crippen LogP contribution in [0.25, 0.3) is 0 Å². The van der Waals surface area contributed by atoms with Gasteiger partial charge in [-0.25, -0.2) is 0 Å². The Morgan fingerprint density at radius 1 is 0.882 bits per heavy atom. The molecular formula is C13H11Cl2NO. The van der Waals surface area contributed by atoms with Gasteiger partial charge in [0.2, 0.25) is 0 Å². The van der Waals surface area contributed by atoms with Gasteiger partial charge in [0.15, 0.2) is 0 Å². The summed E-state index contributed by atoms with van der Waals surface area (Å²) in [6.45, 7) is 0.319. The Morgan fingerprint density at radius 3 is 2.24 bits per heavy atom. The molecule has 0 aliphatic rings. The number of nitrogens with two attached hydrogens (primary N) is 1. The van der Waals surface area contributed by atoms with Crippen molar-refractivity contribution >= 4 is 23.2 Å². The summed E-state index contributed by atoms with van der Waals surface area (Å²) in [5, 5.41) is 1.15. The van der Waals surface area contributed by atoms with Crippen LogP contribution in [-0.4, -0.2) is 0 Å². The Morgan fingerprint density at radius 2 is 1.53 bits per heavy atom. The molecule has 0 heterocycles. The van der Waals surface area contributed by atoms with Gasteiger partial charge in [0.25, 0.3) is 0 Å². The van der Waals surface area contributed by atoms with Gasteiger partial charge in [-0.15, -0.1) is 0 Å². The smallest absolute Gasteiger partial charge is 0.146 e. The summed E-state index contributed by atoms with van der Waals surface area (Å²) in [5.41, 5.74) is 6.42. The minimum absolute atomic E-state index is 0.319. The molecule has 0 spiro atoms. The van der Waals surface area contributed by atoms with Gasteiger partial charge in [-0.2, -0.15) is 0 Å². The van der Waals surface area contributed by atoms with Crippen LogP contribution in [-0.2, 0) is 6.54 Å². The molecule has 0 radical (unpaired) electrons. The average molecular weight is 268 g/mol. The molecule has 0 amide bonds. The van der Waals surface area contributed by atoms with Crippen LogP contribution in [0.5, 0.6) is 11.5 Å². The van der Waals surface area contributed by atoms with Crippen molar-refractivity contribution in [1.29, 1.82) is 0 Å². The Bertz CT molecular complexity index is 529. The van der Waals surface area contributed by atoms with E-state index in [9.17, 15) is 0 Å². The lowest BCUT2D eigenvalue weighted by atomic mass is 10.2. The zero-order chi connectivity index (χ0) is 12.3. The first-order valence-electron chi connectivity index (χ1n) is 5.12. The van der Waals surface area contributed by atoms with Gasteiger partial charge in [-0.1, -0.05) is 41.4 Å². The van der Waals surface area contributed by atoms with Gasteiger partial charge >= 0.3 is 0 Å². The van der Waals surface area contributed by atoms with E-state index < -0.39 is 0 Å². The van der Waals surface area contributed by atoms with Crippen molar-refractivity contribution in [3.63, 3.8) is 0 Å². The first-order valence-corrected chi connectivity index (χ1v) is 5.88. The van der Waals surface area contributed by atoms with Crippen molar-refractivity contribution in [3.8, 4) is 11.5 Å². The molecule has 4 heteroatoms. The standard InChI is InChI=1S/C13H11Cl2NO/c14-10-5-3-7-12(9(10)8-16)17-13-6-2-1-4-11(13)15/h1-7H,8,16H2. The monoisotopic (exact) mass is 267 g/mol. The van der Waals surface area contributed by atoms with E-state index in [1.807, 2.05) is 24.3 Å². The molecule has 0 bridgehead atoms. The number of hydrogen-bond acceptors (Lipinski definition) is 2. The predicted molar refractivity (Wildman–Crippen MR) is 70.9 cm³/mol. The van der Waals surface area contributed by atoms with Gasteiger partial charge in [0.1, 0.15) is 11.5 Å². The minimum atomic E-state index is 0.319. The lowest BCUT2D eigenvalue weighted by molar-refractivity contribution is 0.477. The highest BCUT2D eigenvalue weighted by Gasteiger charge is 2.08. The van der Waals surface area contributed by atoms with Gasteiger partial charge < -0.3 is 10.5 Å². The molecule has 2 aromatic carbocycles. The van der Waals surface area contributed by atoms with Crippen molar-refractivity contribution in [1.82, 2.24) is 0 Å². The first kappa shape index (κ1) is 12.2. The Labute approximate surface area is 110 Å². The van der Waals surface area contributed by atoms with Crippen LogP contribution in [0, 0.1) is 0 Å². The molecule has 2 aromatic rings. The van der Waals surface area contributed by atoms with Crippen molar-refractivity contribution < 1.29 is 4.74 Å². The normalized spacial score (nSPS) is 10.3. The van der Waals surface area contributed by atoms with E-state index in [4.69, 9.17) is 33.7 Å². The number of halogens is 2. The second-order valence-corrected chi connectivity index (χ2v) is 4.27. The second-order valence-electron chi connectivity index (χ2n) is 3.45. The van der Waals surface area contributed by atoms with Crippen LogP contribution in [0.4, 0.5) is 0 Å². The molecule has 0 saturated heterocycles. The molecule has 0 unspecified atom stereocenters. The highest BCUT2D eigenvalue weighted by Crippen LogP contribution is 2.33. The summed E-state index contributed by atoms with van der Waals surface area (Å²) in [6, 6.07) is 12.7. The Kier molecular flexibility index (Phi) is 3.89. The zero-order valence-corrected chi connectivity index (χ0v) is 10.5. The van der Waals surface area contributed by atoms with Crippen LogP contribution < -0.4 is 10.5 Å². The summed E-state index contributed by atoms with van der Waals surface area (Å²) in [4.78, 5) is 0. The Hall–Kier alpha value is -1.22. The SMILES string of the molecule is NCc1c(Cl)cccc1Oc1ccccc1Cl. The van der Waals surface area contributed by atoms with Crippen LogP contribution in [0.3, 0.4) is 0 Å². The quantitative estimate of drug-likeness (QED) is 0.903. The van der Waals surface area contributed by atoms with E-state index in [0.717, 1.165) is 5.56 Å². The van der Waals surface area contributed by atoms with Crippen LogP contribution >= 0.6 is 23.2 Å². The maximum Gasteiger partial charge on any atom is 0.146 e. The van der Waals surface area contributed by atoms with E-state index in [-0.39, 0.29) is 0 Å². The molecule has 0 aliphatic heterocycles. The molecule has 0 saturated carbocycles. The highest BCUT2D eigenvalue weighted by atomic mass is 35.5. The lowest BCUT2D eigenvalue weighted by Crippen LogP contribution is -2.00. The van der Waals surface area contributed by atoms with Crippen LogP contribution in [0.15, 0.2) is 42.5 Å². The summed E-state index contributed by atoms with van der Waals surface area (Å²) < 4.78 is 5.72. The third kappa shape index (κ3) is 2.72. The number of rotatable bonds is 3. The van der Waals surface area contributed by atoms with Gasteiger partial charge in [-0.05, 0) is 24.3 Å². The van der Waals surface area contributed by atoms with E-state index in [0.29, 0.717) is 28.1 Å². The topological polar surface area (TPSA) is 35.2 Å². The number of para-hydroxylation sites is 1. The number of ether oxygens (including phenoxy) is 1. The molecule has 88 valence electrons. The van der Waals surface area contributed by atoms with Gasteiger partial charge in [0.05, 0.1) is 5.02 Å². The summed E-state index contributed by atoms with van der Waals surface area (Å²) in [6.07, 6.45) is 0. The molecule has 2 rings (SSSR count). The first-order chi connectivity index (χ1) is 8.22. The van der Waals surface area contributed by atoms with E-state index >= 15 is 0 Å². The van der Waals surface area contributed by atoms with Gasteiger partial charge in [-0.3, -0.25) is 0 Å². The number of benzene rings is 2. The minimum Gasteiger partial charge on any atom is -0.455 e. The molecule has 0 fully saturated rings. The molecule has 17 heavy (non-hydrogen) atoms. The van der Waals surface area contributed by atoms with E-state index in [1.165, 1.54) is 0 Å². The highest BCUT2D eigenvalue weighted by molar-refractivity contribution is 6.32. The van der Waals surface area contributed by atoms with E-state index in [2.05, 4.69) is 0 Å². The zero-order valence-electron chi connectivity index (χ0n) is 8.99. The average Bonchev–Trinajstić information content (AvgIpc) is 2.32. The second kappa shape index (κ2) is 5.41. The van der Waals surface area contributed by atoms with Crippen molar-refractivity contribution in [2.75, 3.05) is 0 Å². The maximum absolute atomic E-state index is 6.04. The summed E-state index contributed by atoms with van der Waals surface area (Å²) in [5.74, 6) is 1.22. The lowest BCUT2D eigenvalue weighted by Gasteiger charge is -2.12. The summed E-state index contributed by atoms with van der Waals surface area (Å²) >= 11 is 12.1. The maximum atomic E-state index is 6.04. The molecule has 0 aromatic heterocycles. The molecule has 0 atom stereocenters. The molecule has 2 N–H and O–H groups in total. The van der Waals surface area contributed by atoms with Crippen molar-refractivity contribution in [3.05, 3.63) is 58.1 Å².